The summed E-state index contributed by atoms with van der Waals surface area (Å²) in [5.74, 6) is 0. The smallest absolute Gasteiger partial charge is 0.0756 e. The third-order valence-corrected chi connectivity index (χ3v) is 5.22. The van der Waals surface area contributed by atoms with Crippen LogP contribution in [0.1, 0.15) is 38.5 Å². The number of nitrogens with one attached hydrogen (secondary N) is 1. The lowest BCUT2D eigenvalue weighted by molar-refractivity contribution is -0.0307. The first-order valence-electron chi connectivity index (χ1n) is 7.35. The van der Waals surface area contributed by atoms with Gasteiger partial charge in [0, 0.05) is 17.1 Å². The first-order chi connectivity index (χ1) is 9.30. The minimum Gasteiger partial charge on any atom is -0.382 e. The molecular weight excluding hydrogens is 254 g/mol. The van der Waals surface area contributed by atoms with Crippen molar-refractivity contribution in [2.75, 3.05) is 18.1 Å². The molecule has 1 saturated carbocycles. The second-order valence-electron chi connectivity index (χ2n) is 5.78. The Kier molecular flexibility index (Phi) is 4.04. The molecule has 1 N–H and O–H groups in total. The number of rotatable bonds is 4. The molecule has 1 aliphatic heterocycles. The van der Waals surface area contributed by atoms with E-state index in [2.05, 4.69) is 35.8 Å². The van der Waals surface area contributed by atoms with Crippen molar-refractivity contribution < 1.29 is 4.74 Å². The lowest BCUT2D eigenvalue weighted by Gasteiger charge is -2.24. The third-order valence-electron chi connectivity index (χ3n) is 4.48. The van der Waals surface area contributed by atoms with E-state index in [0.29, 0.717) is 6.10 Å². The lowest BCUT2D eigenvalue weighted by Crippen LogP contribution is -2.27. The molecule has 2 aliphatic rings. The summed E-state index contributed by atoms with van der Waals surface area (Å²) in [5, 5.41) is 3.51. The monoisotopic (exact) mass is 277 g/mol. The predicted molar refractivity (Wildman–Crippen MR) is 82.0 cm³/mol. The van der Waals surface area contributed by atoms with Crippen LogP contribution in [0.2, 0.25) is 0 Å². The molecule has 2 fully saturated rings. The van der Waals surface area contributed by atoms with Gasteiger partial charge in [-0.25, -0.2) is 0 Å². The SMILES string of the molecule is CSc1ccc(NCC2CCC3(CCCC3)O2)cc1. The summed E-state index contributed by atoms with van der Waals surface area (Å²) in [5.41, 5.74) is 1.46. The second-order valence-corrected chi connectivity index (χ2v) is 6.66. The maximum Gasteiger partial charge on any atom is 0.0756 e. The maximum absolute atomic E-state index is 6.31. The molecular formula is C16H23NOS. The number of hydrogen-bond acceptors (Lipinski definition) is 3. The molecule has 19 heavy (non-hydrogen) atoms. The quantitative estimate of drug-likeness (QED) is 0.829. The lowest BCUT2D eigenvalue weighted by atomic mass is 9.98. The molecule has 1 spiro atoms. The topological polar surface area (TPSA) is 21.3 Å². The number of benzene rings is 1. The normalized spacial score (nSPS) is 25.0. The number of hydrogen-bond donors (Lipinski definition) is 1. The van der Waals surface area contributed by atoms with Crippen LogP contribution in [-0.4, -0.2) is 24.5 Å². The van der Waals surface area contributed by atoms with Crippen molar-refractivity contribution in [3.63, 3.8) is 0 Å². The summed E-state index contributed by atoms with van der Waals surface area (Å²) in [6, 6.07) is 8.65. The first kappa shape index (κ1) is 13.3. The summed E-state index contributed by atoms with van der Waals surface area (Å²) in [7, 11) is 0. The summed E-state index contributed by atoms with van der Waals surface area (Å²) < 4.78 is 6.31. The van der Waals surface area contributed by atoms with Gasteiger partial charge in [-0.2, -0.15) is 0 Å². The Labute approximate surface area is 120 Å². The molecule has 1 aromatic rings. The molecule has 1 unspecified atom stereocenters. The van der Waals surface area contributed by atoms with Gasteiger partial charge in [0.25, 0.3) is 0 Å². The summed E-state index contributed by atoms with van der Waals surface area (Å²) in [4.78, 5) is 1.31. The zero-order chi connectivity index (χ0) is 13.1. The summed E-state index contributed by atoms with van der Waals surface area (Å²) in [6.45, 7) is 0.945. The molecule has 0 aromatic heterocycles. The van der Waals surface area contributed by atoms with Crippen LogP contribution in [0.15, 0.2) is 29.2 Å². The molecule has 1 heterocycles. The fraction of sp³-hybridized carbons (Fsp3) is 0.625. The Morgan fingerprint density at radius 2 is 1.95 bits per heavy atom. The fourth-order valence-corrected chi connectivity index (χ4v) is 3.78. The Hall–Kier alpha value is -0.670. The van der Waals surface area contributed by atoms with Crippen molar-refractivity contribution >= 4 is 17.4 Å². The summed E-state index contributed by atoms with van der Waals surface area (Å²) in [6.07, 6.45) is 10.3. The Morgan fingerprint density at radius 1 is 1.21 bits per heavy atom. The fourth-order valence-electron chi connectivity index (χ4n) is 3.37. The molecule has 3 rings (SSSR count). The van der Waals surface area contributed by atoms with Crippen molar-refractivity contribution in [3.8, 4) is 0 Å². The van der Waals surface area contributed by atoms with Crippen LogP contribution in [0.3, 0.4) is 0 Å². The number of anilines is 1. The van der Waals surface area contributed by atoms with Gasteiger partial charge < -0.3 is 10.1 Å². The third kappa shape index (κ3) is 3.09. The van der Waals surface area contributed by atoms with Crippen LogP contribution in [-0.2, 0) is 4.74 Å². The molecule has 1 aromatic carbocycles. The standard InChI is InChI=1S/C16H23NOS/c1-19-15-6-4-13(5-7-15)17-12-14-8-11-16(18-14)9-2-3-10-16/h4-7,14,17H,2-3,8-12H2,1H3. The molecule has 104 valence electrons. The van der Waals surface area contributed by atoms with E-state index in [-0.39, 0.29) is 5.60 Å². The van der Waals surface area contributed by atoms with Crippen molar-refractivity contribution in [1.82, 2.24) is 0 Å². The highest BCUT2D eigenvalue weighted by molar-refractivity contribution is 7.98. The molecule has 0 amide bonds. The van der Waals surface area contributed by atoms with Gasteiger partial charge in [-0.3, -0.25) is 0 Å². The van der Waals surface area contributed by atoms with Gasteiger partial charge in [-0.1, -0.05) is 12.8 Å². The van der Waals surface area contributed by atoms with Crippen molar-refractivity contribution in [2.45, 2.75) is 55.1 Å². The van der Waals surface area contributed by atoms with Gasteiger partial charge >= 0.3 is 0 Å². The molecule has 3 heteroatoms. The minimum absolute atomic E-state index is 0.259. The van der Waals surface area contributed by atoms with E-state index in [1.165, 1.54) is 49.1 Å². The minimum atomic E-state index is 0.259. The highest BCUT2D eigenvalue weighted by Crippen LogP contribution is 2.43. The second kappa shape index (κ2) is 5.76. The average Bonchev–Trinajstić information content (AvgIpc) is 3.08. The molecule has 0 bridgehead atoms. The average molecular weight is 277 g/mol. The van der Waals surface area contributed by atoms with Crippen molar-refractivity contribution in [3.05, 3.63) is 24.3 Å². The largest absolute Gasteiger partial charge is 0.382 e. The van der Waals surface area contributed by atoms with Crippen LogP contribution in [0.4, 0.5) is 5.69 Å². The van der Waals surface area contributed by atoms with Gasteiger partial charge in [0.05, 0.1) is 11.7 Å². The van der Waals surface area contributed by atoms with E-state index in [0.717, 1.165) is 6.54 Å². The highest BCUT2D eigenvalue weighted by atomic mass is 32.2. The number of ether oxygens (including phenoxy) is 1. The van der Waals surface area contributed by atoms with Gasteiger partial charge in [0.15, 0.2) is 0 Å². The van der Waals surface area contributed by atoms with Gasteiger partial charge in [0.2, 0.25) is 0 Å². The zero-order valence-electron chi connectivity index (χ0n) is 11.7. The Bertz CT molecular complexity index is 411. The first-order valence-corrected chi connectivity index (χ1v) is 8.58. The zero-order valence-corrected chi connectivity index (χ0v) is 12.5. The molecule has 1 aliphatic carbocycles. The van der Waals surface area contributed by atoms with Crippen molar-refractivity contribution in [2.24, 2.45) is 0 Å². The Morgan fingerprint density at radius 3 is 2.63 bits per heavy atom. The predicted octanol–water partition coefficient (Wildman–Crippen LogP) is 4.31. The van der Waals surface area contributed by atoms with Gasteiger partial charge in [-0.05, 0) is 56.2 Å². The molecule has 1 atom stereocenters. The van der Waals surface area contributed by atoms with Gasteiger partial charge in [-0.15, -0.1) is 11.8 Å². The Balaban J connectivity index is 1.49. The van der Waals surface area contributed by atoms with Crippen LogP contribution < -0.4 is 5.32 Å². The molecule has 1 saturated heterocycles. The van der Waals surface area contributed by atoms with E-state index >= 15 is 0 Å². The van der Waals surface area contributed by atoms with E-state index < -0.39 is 0 Å². The maximum atomic E-state index is 6.31. The highest BCUT2D eigenvalue weighted by Gasteiger charge is 2.41. The molecule has 0 radical (unpaired) electrons. The molecule has 2 nitrogen and oxygen atoms in total. The summed E-state index contributed by atoms with van der Waals surface area (Å²) >= 11 is 1.78. The van der Waals surface area contributed by atoms with Crippen LogP contribution >= 0.6 is 11.8 Å². The van der Waals surface area contributed by atoms with Gasteiger partial charge in [0.1, 0.15) is 0 Å². The van der Waals surface area contributed by atoms with Crippen molar-refractivity contribution in [1.29, 1.82) is 0 Å². The van der Waals surface area contributed by atoms with Crippen LogP contribution in [0.5, 0.6) is 0 Å². The van der Waals surface area contributed by atoms with E-state index in [9.17, 15) is 0 Å². The van der Waals surface area contributed by atoms with E-state index in [4.69, 9.17) is 4.74 Å². The van der Waals surface area contributed by atoms with Crippen LogP contribution in [0.25, 0.3) is 0 Å². The van der Waals surface area contributed by atoms with Crippen LogP contribution in [0, 0.1) is 0 Å². The van der Waals surface area contributed by atoms with E-state index in [1.807, 2.05) is 0 Å². The number of thioether (sulfide) groups is 1. The van der Waals surface area contributed by atoms with E-state index in [1.54, 1.807) is 11.8 Å².